The van der Waals surface area contributed by atoms with Crippen molar-refractivity contribution in [3.05, 3.63) is 261 Å². The van der Waals surface area contributed by atoms with Crippen LogP contribution in [0.2, 0.25) is 5.15 Å². The Kier molecular flexibility index (Phi) is 23.2. The van der Waals surface area contributed by atoms with Crippen molar-refractivity contribution in [1.82, 2.24) is 59.1 Å². The van der Waals surface area contributed by atoms with Gasteiger partial charge in [0.05, 0.1) is 98.7 Å². The maximum absolute atomic E-state index is 13.7. The number of nitrogens with one attached hydrogen (secondary N) is 5. The maximum atomic E-state index is 13.7. The van der Waals surface area contributed by atoms with E-state index in [1.54, 1.807) is 83.3 Å². The maximum Gasteiger partial charge on any atom is 0.235 e. The molecule has 26 heteroatoms. The van der Waals surface area contributed by atoms with Crippen molar-refractivity contribution in [3.63, 3.8) is 0 Å². The van der Waals surface area contributed by atoms with Crippen LogP contribution in [0.3, 0.4) is 0 Å². The lowest BCUT2D eigenvalue weighted by molar-refractivity contribution is -0.400. The number of carbonyl (C=O) groups excluding carboxylic acids is 1. The van der Waals surface area contributed by atoms with Crippen LogP contribution < -0.4 is 34.7 Å². The van der Waals surface area contributed by atoms with Crippen molar-refractivity contribution >= 4 is 90.3 Å². The number of benzene rings is 5. The van der Waals surface area contributed by atoms with Gasteiger partial charge < -0.3 is 54.7 Å². The molecule has 0 radical (unpaired) electrons. The minimum Gasteiger partial charge on any atom is -0.496 e. The number of aromatic nitrogens is 12. The number of nitrogens with two attached hydrogens (primary N) is 1. The van der Waals surface area contributed by atoms with E-state index in [-0.39, 0.29) is 5.82 Å². The number of aromatic amines is 4. The second kappa shape index (κ2) is 33.4. The lowest BCUT2D eigenvalue weighted by Gasteiger charge is -2.12. The molecule has 0 fully saturated rings. The number of nitrogens with zero attached hydrogens (tertiary/aromatic N) is 9. The van der Waals surface area contributed by atoms with Gasteiger partial charge >= 0.3 is 0 Å². The summed E-state index contributed by atoms with van der Waals surface area (Å²) in [7, 11) is 8.26. The molecule has 0 spiro atoms. The van der Waals surface area contributed by atoms with E-state index in [1.807, 2.05) is 117 Å². The fraction of sp³-hybridized carbons (Fsp3) is 0.156. The van der Waals surface area contributed by atoms with E-state index in [0.717, 1.165) is 134 Å². The number of allylic oxidation sites excluding steroid dienone is 1. The summed E-state index contributed by atoms with van der Waals surface area (Å²) in [5, 5.41) is 26.9. The third kappa shape index (κ3) is 16.5. The summed E-state index contributed by atoms with van der Waals surface area (Å²) in [5.74, 6) is 4.20. The molecule has 0 aliphatic heterocycles. The van der Waals surface area contributed by atoms with Crippen LogP contribution in [0.4, 0.5) is 14.6 Å². The van der Waals surface area contributed by atoms with Gasteiger partial charge in [-0.05, 0) is 105 Å². The number of methoxy groups -OCH3 is 5. The molecule has 0 amide bonds. The highest BCUT2D eigenvalue weighted by atomic mass is 35.5. The van der Waals surface area contributed by atoms with E-state index in [9.17, 15) is 23.7 Å². The van der Waals surface area contributed by atoms with Gasteiger partial charge in [0, 0.05) is 122 Å². The average Bonchev–Trinajstić information content (AvgIpc) is 1.75. The minimum atomic E-state index is -0.487. The van der Waals surface area contributed by atoms with Crippen molar-refractivity contribution in [2.24, 2.45) is 5.73 Å². The van der Waals surface area contributed by atoms with Gasteiger partial charge in [0.1, 0.15) is 51.4 Å². The molecule has 10 heterocycles. The van der Waals surface area contributed by atoms with E-state index in [1.165, 1.54) is 62.0 Å². The van der Waals surface area contributed by atoms with Crippen LogP contribution in [-0.2, 0) is 12.8 Å². The highest BCUT2D eigenvalue weighted by Crippen LogP contribution is 2.37. The molecule has 103 heavy (non-hydrogen) atoms. The first-order valence-corrected chi connectivity index (χ1v) is 32.7. The van der Waals surface area contributed by atoms with E-state index >= 15 is 0 Å². The van der Waals surface area contributed by atoms with Crippen LogP contribution >= 0.6 is 11.6 Å². The molecule has 0 unspecified atom stereocenters. The largest absolute Gasteiger partial charge is 0.496 e. The van der Waals surface area contributed by atoms with Crippen molar-refractivity contribution in [1.29, 1.82) is 0 Å². The Morgan fingerprint density at radius 2 is 1.14 bits per heavy atom. The number of pyridine rings is 2. The lowest BCUT2D eigenvalue weighted by atomic mass is 10.0. The van der Waals surface area contributed by atoms with Crippen LogP contribution in [0.1, 0.15) is 50.2 Å². The number of hydrogen-bond acceptors (Lipinski definition) is 16. The highest BCUT2D eigenvalue weighted by molar-refractivity contribution is 6.30. The second-order valence-electron chi connectivity index (χ2n) is 23.1. The molecule has 0 saturated heterocycles. The van der Waals surface area contributed by atoms with Crippen LogP contribution in [0, 0.1) is 35.6 Å². The zero-order valence-electron chi connectivity index (χ0n) is 57.2. The number of H-pyrrole nitrogens is 4. The molecule has 0 saturated carbocycles. The van der Waals surface area contributed by atoms with Gasteiger partial charge in [0.15, 0.2) is 17.6 Å². The van der Waals surface area contributed by atoms with Crippen LogP contribution in [0.15, 0.2) is 196 Å². The first-order valence-electron chi connectivity index (χ1n) is 32.3. The molecule has 7 N–H and O–H groups in total. The number of anilines is 1. The number of fused-ring (bicyclic) bond motifs is 7. The molecular weight excluding hydrogens is 1340 g/mol. The summed E-state index contributed by atoms with van der Waals surface area (Å²) in [6.07, 6.45) is 24.4. The summed E-state index contributed by atoms with van der Waals surface area (Å²) in [6, 6.07) is 37.7. The quantitative estimate of drug-likeness (QED) is 0.0227. The zero-order chi connectivity index (χ0) is 72.5. The summed E-state index contributed by atoms with van der Waals surface area (Å²) in [5.41, 5.74) is 21.5. The second-order valence-corrected chi connectivity index (χ2v) is 23.5. The Morgan fingerprint density at radius 3 is 1.73 bits per heavy atom. The summed E-state index contributed by atoms with van der Waals surface area (Å²) in [4.78, 5) is 49.6. The molecule has 15 aromatic rings. The van der Waals surface area contributed by atoms with E-state index in [4.69, 9.17) is 41.0 Å². The zero-order valence-corrected chi connectivity index (χ0v) is 57.9. The SMILES string of the molecule is COc1cccc2c(/C=C/[N+](=O)[O-])c[nH]c12.COc1cccc2c(C=O)c[nH]c12.COc1cccc2c(CCN)c[nH]c12.COc1cccc2c1CC=C2CCNc1cc(-c2cncc(F)c2)nc2c(C)cnn12.COc1cccc2cc[nH]c12.Cc1cnn2c(Cl)cc(-c3cncc(F)c3)nc12. The van der Waals surface area contributed by atoms with Gasteiger partial charge in [-0.1, -0.05) is 78.3 Å². The van der Waals surface area contributed by atoms with Gasteiger partial charge in [-0.15, -0.1) is 0 Å². The van der Waals surface area contributed by atoms with Crippen LogP contribution in [0.5, 0.6) is 28.7 Å². The summed E-state index contributed by atoms with van der Waals surface area (Å²) < 4.78 is 56.4. The first kappa shape index (κ1) is 71.5. The number of halogens is 3. The van der Waals surface area contributed by atoms with Gasteiger partial charge in [0.2, 0.25) is 6.20 Å². The molecule has 524 valence electrons. The molecule has 0 atom stereocenters. The van der Waals surface area contributed by atoms with Crippen molar-refractivity contribution in [2.45, 2.75) is 33.1 Å². The third-order valence-corrected chi connectivity index (χ3v) is 17.0. The van der Waals surface area contributed by atoms with Crippen molar-refractivity contribution in [2.75, 3.05) is 54.0 Å². The molecule has 1 aliphatic carbocycles. The van der Waals surface area contributed by atoms with Gasteiger partial charge in [-0.2, -0.15) is 14.7 Å². The average molecular weight is 1410 g/mol. The van der Waals surface area contributed by atoms with E-state index < -0.39 is 10.7 Å². The topological polar surface area (TPSA) is 294 Å². The van der Waals surface area contributed by atoms with Crippen LogP contribution in [-0.4, -0.2) is 119 Å². The number of carbonyl (C=O) groups is 1. The van der Waals surface area contributed by atoms with Gasteiger partial charge in [-0.3, -0.25) is 24.9 Å². The Labute approximate surface area is 594 Å². The third-order valence-electron chi connectivity index (χ3n) is 16.7. The Bertz CT molecular complexity index is 5540. The Hall–Kier alpha value is -12.7. The monoisotopic (exact) mass is 1410 g/mol. The highest BCUT2D eigenvalue weighted by Gasteiger charge is 2.19. The van der Waals surface area contributed by atoms with E-state index in [2.05, 4.69) is 73.6 Å². The number of para-hydroxylation sites is 4. The fourth-order valence-electron chi connectivity index (χ4n) is 11.8. The number of nitro groups is 1. The number of rotatable bonds is 16. The van der Waals surface area contributed by atoms with E-state index in [0.29, 0.717) is 45.4 Å². The smallest absolute Gasteiger partial charge is 0.235 e. The van der Waals surface area contributed by atoms with Gasteiger partial charge in [-0.25, -0.2) is 23.3 Å². The lowest BCUT2D eigenvalue weighted by Crippen LogP contribution is -2.08. The van der Waals surface area contributed by atoms with Gasteiger partial charge in [0.25, 0.3) is 0 Å². The van der Waals surface area contributed by atoms with Crippen molar-refractivity contribution in [3.8, 4) is 51.3 Å². The fourth-order valence-corrected chi connectivity index (χ4v) is 12.0. The van der Waals surface area contributed by atoms with Crippen LogP contribution in [0.25, 0.3) is 89.1 Å². The normalized spacial score (nSPS) is 11.3. The predicted molar refractivity (Wildman–Crippen MR) is 398 cm³/mol. The number of ether oxygens (including phenoxy) is 5. The molecule has 10 aromatic heterocycles. The number of aryl methyl sites for hydroxylation is 2. The first-order chi connectivity index (χ1) is 50.1. The molecule has 0 bridgehead atoms. The molecule has 23 nitrogen and oxygen atoms in total. The van der Waals surface area contributed by atoms with Crippen molar-refractivity contribution < 1.29 is 42.2 Å². The summed E-state index contributed by atoms with van der Waals surface area (Å²) >= 11 is 6.11. The molecular formula is C77H72ClF2N15O8. The summed E-state index contributed by atoms with van der Waals surface area (Å²) in [6.45, 7) is 5.24. The predicted octanol–water partition coefficient (Wildman–Crippen LogP) is 15.8. The molecule has 1 aliphatic rings. The molecule has 5 aromatic carbocycles. The Balaban J connectivity index is 0.000000129. The number of aldehydes is 1. The number of hydrogen-bond donors (Lipinski definition) is 6. The minimum absolute atomic E-state index is 0.388. The Morgan fingerprint density at radius 1 is 0.612 bits per heavy atom. The molecule has 16 rings (SSSR count). The standard InChI is InChI=1S/C24H22FN5O.C12H8ClFN4.C11H10N2O3.C11H14N2O.C10H9NO2.C9H9NO/c1-15-12-28-30-23(11-21(29-24(15)30)17-10-18(25)14-26-13-17)27-9-8-16-6-7-20-19(16)4-3-5-22(20)31-2;1-7-4-16-18-11(13)3-10(17-12(7)18)8-2-9(14)6-15-5-8;1-16-10-4-2-3-9-8(5-6-13(14)15)7-12-11(9)10;1-14-10-4-2-3-9-8(5-6-12)7-13-11(9)10;1-13-9-4-2-3-8-7(6-12)5-11-10(8)9;1-11-8-4-2-3-7-5-6-10-9(7)8/h3-6,10-14,27H,7-9H2,1-2H3;2-6H,1H3;2-7,12H,1H3;2-4,7,13H,5-6,12H2,1H3;2-6,11H,1H3;2-6,10H,1H3/b;;6-5+;;;.